The summed E-state index contributed by atoms with van der Waals surface area (Å²) in [4.78, 5) is 23.6. The summed E-state index contributed by atoms with van der Waals surface area (Å²) in [5.74, 6) is -0.189. The minimum atomic E-state index is -0.422. The van der Waals surface area contributed by atoms with Crippen LogP contribution in [0.1, 0.15) is 25.7 Å². The Morgan fingerprint density at radius 2 is 1.73 bits per heavy atom. The van der Waals surface area contributed by atoms with Gasteiger partial charge in [0.2, 0.25) is 0 Å². The molecule has 1 fully saturated rings. The number of hydrogen-bond donors (Lipinski definition) is 3. The van der Waals surface area contributed by atoms with Gasteiger partial charge < -0.3 is 10.2 Å². The van der Waals surface area contributed by atoms with Crippen LogP contribution in [0.3, 0.4) is 0 Å². The summed E-state index contributed by atoms with van der Waals surface area (Å²) in [6, 6.07) is -0.422. The normalized spacial score (nSPS) is 17.9. The number of amides is 3. The summed E-state index contributed by atoms with van der Waals surface area (Å²) >= 11 is 0. The molecule has 1 aliphatic heterocycles. The largest absolute Gasteiger partial charge is 0.341 e. The minimum absolute atomic E-state index is 0.189. The number of nitrogens with one attached hydrogen (secondary N) is 3. The first-order valence-electron chi connectivity index (χ1n) is 5.57. The van der Waals surface area contributed by atoms with Crippen molar-refractivity contribution in [2.24, 2.45) is 0 Å². The van der Waals surface area contributed by atoms with E-state index >= 15 is 0 Å². The van der Waals surface area contributed by atoms with E-state index in [1.165, 1.54) is 37.6 Å². The predicted molar refractivity (Wildman–Crippen MR) is 56.6 cm³/mol. The maximum Gasteiger partial charge on any atom is 0.321 e. The quantitative estimate of drug-likeness (QED) is 0.546. The average molecular weight is 214 g/mol. The van der Waals surface area contributed by atoms with E-state index in [-0.39, 0.29) is 5.91 Å². The average Bonchev–Trinajstić information content (AvgIpc) is 2.46. The number of likely N-dealkylation sites (tertiary alicyclic amines) is 1. The van der Waals surface area contributed by atoms with Crippen molar-refractivity contribution in [3.05, 3.63) is 0 Å². The molecule has 86 valence electrons. The lowest BCUT2D eigenvalue weighted by Gasteiger charge is -2.15. The molecule has 0 aromatic carbocycles. The molecule has 0 bridgehead atoms. The SMILES string of the molecule is CNC(=O)NC(=O)C[NH+]1CCCCCC1. The van der Waals surface area contributed by atoms with Gasteiger partial charge in [-0.25, -0.2) is 4.79 Å². The molecule has 0 saturated carbocycles. The van der Waals surface area contributed by atoms with Gasteiger partial charge >= 0.3 is 6.03 Å². The highest BCUT2D eigenvalue weighted by molar-refractivity contribution is 5.94. The van der Waals surface area contributed by atoms with E-state index < -0.39 is 6.03 Å². The molecule has 1 saturated heterocycles. The monoisotopic (exact) mass is 214 g/mol. The van der Waals surface area contributed by atoms with Gasteiger partial charge in [0.15, 0.2) is 6.54 Å². The molecular formula is C10H20N3O2+. The Morgan fingerprint density at radius 1 is 1.13 bits per heavy atom. The number of urea groups is 1. The zero-order valence-electron chi connectivity index (χ0n) is 9.27. The second kappa shape index (κ2) is 6.40. The van der Waals surface area contributed by atoms with Crippen molar-refractivity contribution in [2.75, 3.05) is 26.7 Å². The van der Waals surface area contributed by atoms with Crippen molar-refractivity contribution in [3.63, 3.8) is 0 Å². The summed E-state index contributed by atoms with van der Waals surface area (Å²) in [6.45, 7) is 2.50. The number of quaternary nitrogens is 1. The molecule has 0 unspecified atom stereocenters. The summed E-state index contributed by atoms with van der Waals surface area (Å²) in [5.41, 5.74) is 0. The van der Waals surface area contributed by atoms with Crippen molar-refractivity contribution in [2.45, 2.75) is 25.7 Å². The van der Waals surface area contributed by atoms with Gasteiger partial charge in [0.25, 0.3) is 5.91 Å². The highest BCUT2D eigenvalue weighted by atomic mass is 16.2. The third kappa shape index (κ3) is 4.78. The van der Waals surface area contributed by atoms with Gasteiger partial charge in [-0.2, -0.15) is 0 Å². The Hall–Kier alpha value is -1.10. The molecule has 5 heteroatoms. The first kappa shape index (κ1) is 12.0. The van der Waals surface area contributed by atoms with Gasteiger partial charge in [0, 0.05) is 7.05 Å². The fourth-order valence-electron chi connectivity index (χ4n) is 1.87. The van der Waals surface area contributed by atoms with Gasteiger partial charge in [-0.15, -0.1) is 0 Å². The van der Waals surface area contributed by atoms with E-state index in [1.54, 1.807) is 0 Å². The van der Waals surface area contributed by atoms with Gasteiger partial charge in [-0.3, -0.25) is 10.1 Å². The molecular weight excluding hydrogens is 194 g/mol. The number of carbonyl (C=O) groups is 2. The lowest BCUT2D eigenvalue weighted by molar-refractivity contribution is -0.891. The Bertz CT molecular complexity index is 223. The van der Waals surface area contributed by atoms with E-state index in [9.17, 15) is 9.59 Å². The van der Waals surface area contributed by atoms with Crippen LogP contribution in [0.25, 0.3) is 0 Å². The van der Waals surface area contributed by atoms with Crippen molar-refractivity contribution in [3.8, 4) is 0 Å². The standard InChI is InChI=1S/C10H19N3O2/c1-11-10(15)12-9(14)8-13-6-4-2-3-5-7-13/h2-8H2,1H3,(H2,11,12,14,15)/p+1. The minimum Gasteiger partial charge on any atom is -0.341 e. The molecule has 0 aliphatic carbocycles. The lowest BCUT2D eigenvalue weighted by Crippen LogP contribution is -3.13. The van der Waals surface area contributed by atoms with Crippen molar-refractivity contribution in [1.29, 1.82) is 0 Å². The highest BCUT2D eigenvalue weighted by Gasteiger charge is 2.17. The Balaban J connectivity index is 2.26. The van der Waals surface area contributed by atoms with E-state index in [0.29, 0.717) is 6.54 Å². The molecule has 3 N–H and O–H groups in total. The maximum atomic E-state index is 11.4. The van der Waals surface area contributed by atoms with Crippen molar-refractivity contribution < 1.29 is 14.5 Å². The zero-order valence-corrected chi connectivity index (χ0v) is 9.27. The summed E-state index contributed by atoms with van der Waals surface area (Å²) in [5, 5.41) is 4.65. The zero-order chi connectivity index (χ0) is 11.1. The van der Waals surface area contributed by atoms with Crippen LogP contribution >= 0.6 is 0 Å². The second-order valence-corrected chi connectivity index (χ2v) is 3.97. The number of imide groups is 1. The Morgan fingerprint density at radius 3 is 2.27 bits per heavy atom. The molecule has 15 heavy (non-hydrogen) atoms. The van der Waals surface area contributed by atoms with E-state index in [2.05, 4.69) is 10.6 Å². The van der Waals surface area contributed by atoms with Crippen LogP contribution in [0, 0.1) is 0 Å². The molecule has 0 atom stereocenters. The van der Waals surface area contributed by atoms with Crippen LogP contribution in [0.15, 0.2) is 0 Å². The third-order valence-corrected chi connectivity index (χ3v) is 2.70. The topological polar surface area (TPSA) is 62.6 Å². The van der Waals surface area contributed by atoms with Crippen molar-refractivity contribution in [1.82, 2.24) is 10.6 Å². The Labute approximate surface area is 90.2 Å². The number of rotatable bonds is 2. The predicted octanol–water partition coefficient (Wildman–Crippen LogP) is -1.10. The summed E-state index contributed by atoms with van der Waals surface area (Å²) < 4.78 is 0. The molecule has 5 nitrogen and oxygen atoms in total. The van der Waals surface area contributed by atoms with E-state index in [0.717, 1.165) is 13.1 Å². The van der Waals surface area contributed by atoms with E-state index in [1.807, 2.05) is 0 Å². The van der Waals surface area contributed by atoms with Gasteiger partial charge in [0.1, 0.15) is 0 Å². The van der Waals surface area contributed by atoms with Crippen LogP contribution in [0.5, 0.6) is 0 Å². The van der Waals surface area contributed by atoms with E-state index in [4.69, 9.17) is 0 Å². The molecule has 0 aromatic rings. The maximum absolute atomic E-state index is 11.4. The van der Waals surface area contributed by atoms with Crippen LogP contribution in [-0.2, 0) is 4.79 Å². The number of hydrogen-bond acceptors (Lipinski definition) is 2. The van der Waals surface area contributed by atoms with Crippen LogP contribution < -0.4 is 15.5 Å². The fourth-order valence-corrected chi connectivity index (χ4v) is 1.87. The lowest BCUT2D eigenvalue weighted by atomic mass is 10.2. The molecule has 1 aliphatic rings. The van der Waals surface area contributed by atoms with Crippen molar-refractivity contribution >= 4 is 11.9 Å². The molecule has 1 heterocycles. The highest BCUT2D eigenvalue weighted by Crippen LogP contribution is 1.98. The van der Waals surface area contributed by atoms with Crippen LogP contribution in [0.4, 0.5) is 4.79 Å². The first-order valence-corrected chi connectivity index (χ1v) is 5.57. The molecule has 0 radical (unpaired) electrons. The fraction of sp³-hybridized carbons (Fsp3) is 0.800. The summed E-state index contributed by atoms with van der Waals surface area (Å²) in [6.07, 6.45) is 4.90. The van der Waals surface area contributed by atoms with Gasteiger partial charge in [-0.05, 0) is 25.7 Å². The molecule has 0 spiro atoms. The number of carbonyl (C=O) groups excluding carboxylic acids is 2. The van der Waals surface area contributed by atoms with Crippen LogP contribution in [0.2, 0.25) is 0 Å². The molecule has 3 amide bonds. The third-order valence-electron chi connectivity index (χ3n) is 2.70. The van der Waals surface area contributed by atoms with Crippen LogP contribution in [-0.4, -0.2) is 38.6 Å². The first-order chi connectivity index (χ1) is 7.22. The van der Waals surface area contributed by atoms with Gasteiger partial charge in [0.05, 0.1) is 13.1 Å². The summed E-state index contributed by atoms with van der Waals surface area (Å²) in [7, 11) is 1.50. The second-order valence-electron chi connectivity index (χ2n) is 3.97. The molecule has 1 rings (SSSR count). The van der Waals surface area contributed by atoms with Gasteiger partial charge in [-0.1, -0.05) is 0 Å². The smallest absolute Gasteiger partial charge is 0.321 e. The molecule has 0 aromatic heterocycles. The Kier molecular flexibility index (Phi) is 5.10.